The molecule has 138 valence electrons. The lowest BCUT2D eigenvalue weighted by atomic mass is 10.1. The molecule has 0 unspecified atom stereocenters. The molecule has 4 nitrogen and oxygen atoms in total. The van der Waals surface area contributed by atoms with Crippen molar-refractivity contribution in [2.24, 2.45) is 0 Å². The van der Waals surface area contributed by atoms with E-state index in [0.717, 1.165) is 23.6 Å². The Balaban J connectivity index is 1.65. The van der Waals surface area contributed by atoms with E-state index in [4.69, 9.17) is 4.74 Å². The van der Waals surface area contributed by atoms with Gasteiger partial charge in [-0.25, -0.2) is 13.2 Å². The molecule has 1 heterocycles. The first-order valence-corrected chi connectivity index (χ1v) is 8.42. The molecule has 0 aromatic heterocycles. The molecule has 7 heteroatoms. The minimum Gasteiger partial charge on any atom is -0.494 e. The number of hydrogen-bond donors (Lipinski definition) is 0. The van der Waals surface area contributed by atoms with Crippen molar-refractivity contribution >= 4 is 11.6 Å². The van der Waals surface area contributed by atoms with Crippen molar-refractivity contribution in [3.63, 3.8) is 0 Å². The topological polar surface area (TPSA) is 32.8 Å². The normalized spacial score (nSPS) is 14.5. The summed E-state index contributed by atoms with van der Waals surface area (Å²) in [6.07, 6.45) is 0. The summed E-state index contributed by atoms with van der Waals surface area (Å²) >= 11 is 0. The third kappa shape index (κ3) is 3.61. The maximum absolute atomic E-state index is 13.8. The third-order valence-corrected chi connectivity index (χ3v) is 4.35. The van der Waals surface area contributed by atoms with Gasteiger partial charge < -0.3 is 14.5 Å². The summed E-state index contributed by atoms with van der Waals surface area (Å²) in [5, 5.41) is 0. The molecule has 0 saturated carbocycles. The summed E-state index contributed by atoms with van der Waals surface area (Å²) in [7, 11) is 0. The van der Waals surface area contributed by atoms with Crippen LogP contribution in [0.4, 0.5) is 18.9 Å². The maximum atomic E-state index is 13.8. The number of anilines is 1. The molecule has 3 rings (SSSR count). The van der Waals surface area contributed by atoms with Crippen molar-refractivity contribution in [3.8, 4) is 5.75 Å². The Labute approximate surface area is 149 Å². The molecule has 0 bridgehead atoms. The zero-order chi connectivity index (χ0) is 18.7. The summed E-state index contributed by atoms with van der Waals surface area (Å²) in [6, 6.07) is 9.39. The van der Waals surface area contributed by atoms with Crippen LogP contribution in [0.2, 0.25) is 0 Å². The second-order valence-electron chi connectivity index (χ2n) is 5.93. The van der Waals surface area contributed by atoms with Crippen LogP contribution >= 0.6 is 0 Å². The van der Waals surface area contributed by atoms with Crippen molar-refractivity contribution in [1.82, 2.24) is 4.90 Å². The van der Waals surface area contributed by atoms with E-state index in [1.807, 2.05) is 31.2 Å². The fraction of sp³-hybridized carbons (Fsp3) is 0.316. The van der Waals surface area contributed by atoms with E-state index < -0.39 is 28.9 Å². The quantitative estimate of drug-likeness (QED) is 0.779. The number of nitrogens with zero attached hydrogens (tertiary/aromatic N) is 2. The Bertz CT molecular complexity index is 788. The zero-order valence-corrected chi connectivity index (χ0v) is 14.3. The summed E-state index contributed by atoms with van der Waals surface area (Å²) in [6.45, 7) is 4.37. The number of hydrogen-bond acceptors (Lipinski definition) is 3. The molecular formula is C19H19F3N2O2. The number of halogens is 3. The molecule has 1 aliphatic heterocycles. The SMILES string of the molecule is CCOc1ccc(N2CCN(C(=O)c3ccc(F)c(F)c3F)CC2)cc1. The average molecular weight is 364 g/mol. The molecular weight excluding hydrogens is 345 g/mol. The number of ether oxygens (including phenoxy) is 1. The van der Waals surface area contributed by atoms with Gasteiger partial charge in [0.15, 0.2) is 17.5 Å². The van der Waals surface area contributed by atoms with Crippen molar-refractivity contribution in [1.29, 1.82) is 0 Å². The molecule has 2 aromatic rings. The standard InChI is InChI=1S/C19H19F3N2O2/c1-2-26-14-5-3-13(4-6-14)23-9-11-24(12-10-23)19(25)15-7-8-16(20)18(22)17(15)21/h3-8H,2,9-12H2,1H3. The van der Waals surface area contributed by atoms with E-state index >= 15 is 0 Å². The lowest BCUT2D eigenvalue weighted by Crippen LogP contribution is -2.49. The predicted octanol–water partition coefficient (Wildman–Crippen LogP) is 3.47. The van der Waals surface area contributed by atoms with Gasteiger partial charge in [0.05, 0.1) is 12.2 Å². The first kappa shape index (κ1) is 18.1. The molecule has 26 heavy (non-hydrogen) atoms. The highest BCUT2D eigenvalue weighted by molar-refractivity contribution is 5.94. The molecule has 1 amide bonds. The first-order chi connectivity index (χ1) is 12.5. The lowest BCUT2D eigenvalue weighted by molar-refractivity contribution is 0.0740. The van der Waals surface area contributed by atoms with Gasteiger partial charge in [0.25, 0.3) is 5.91 Å². The van der Waals surface area contributed by atoms with Crippen molar-refractivity contribution in [2.45, 2.75) is 6.92 Å². The molecule has 0 aliphatic carbocycles. The molecule has 1 saturated heterocycles. The molecule has 2 aromatic carbocycles. The van der Waals surface area contributed by atoms with Gasteiger partial charge in [0, 0.05) is 31.9 Å². The van der Waals surface area contributed by atoms with Gasteiger partial charge in [0.1, 0.15) is 5.75 Å². The summed E-state index contributed by atoms with van der Waals surface area (Å²) in [5.74, 6) is -4.21. The highest BCUT2D eigenvalue weighted by atomic mass is 19.2. The van der Waals surface area contributed by atoms with Crippen molar-refractivity contribution < 1.29 is 22.7 Å². The number of carbonyl (C=O) groups excluding carboxylic acids is 1. The Morgan fingerprint density at radius 3 is 2.23 bits per heavy atom. The van der Waals surface area contributed by atoms with Gasteiger partial charge in [-0.3, -0.25) is 4.79 Å². The smallest absolute Gasteiger partial charge is 0.257 e. The monoisotopic (exact) mass is 364 g/mol. The van der Waals surface area contributed by atoms with E-state index in [1.54, 1.807) is 0 Å². The van der Waals surface area contributed by atoms with Crippen LogP contribution in [0, 0.1) is 17.5 Å². The summed E-state index contributed by atoms with van der Waals surface area (Å²) in [4.78, 5) is 15.9. The van der Waals surface area contributed by atoms with Crippen LogP contribution in [0.3, 0.4) is 0 Å². The first-order valence-electron chi connectivity index (χ1n) is 8.42. The van der Waals surface area contributed by atoms with E-state index in [0.29, 0.717) is 32.8 Å². The second kappa shape index (κ2) is 7.68. The summed E-state index contributed by atoms with van der Waals surface area (Å²) < 4.78 is 45.6. The van der Waals surface area contributed by atoms with Gasteiger partial charge in [0.2, 0.25) is 0 Å². The largest absolute Gasteiger partial charge is 0.494 e. The predicted molar refractivity (Wildman–Crippen MR) is 92.0 cm³/mol. The Morgan fingerprint density at radius 2 is 1.62 bits per heavy atom. The molecule has 0 spiro atoms. The maximum Gasteiger partial charge on any atom is 0.257 e. The number of piperazine rings is 1. The fourth-order valence-electron chi connectivity index (χ4n) is 2.95. The molecule has 0 atom stereocenters. The lowest BCUT2D eigenvalue weighted by Gasteiger charge is -2.36. The second-order valence-corrected chi connectivity index (χ2v) is 5.93. The van der Waals surface area contributed by atoms with Crippen LogP contribution in [0.5, 0.6) is 5.75 Å². The van der Waals surface area contributed by atoms with Gasteiger partial charge in [-0.2, -0.15) is 0 Å². The number of carbonyl (C=O) groups is 1. The number of rotatable bonds is 4. The summed E-state index contributed by atoms with van der Waals surface area (Å²) in [5.41, 5.74) is 0.554. The van der Waals surface area contributed by atoms with Gasteiger partial charge in [-0.15, -0.1) is 0 Å². The van der Waals surface area contributed by atoms with E-state index in [-0.39, 0.29) is 0 Å². The van der Waals surface area contributed by atoms with E-state index in [9.17, 15) is 18.0 Å². The number of amides is 1. The van der Waals surface area contributed by atoms with Gasteiger partial charge in [-0.1, -0.05) is 0 Å². The number of benzene rings is 2. The van der Waals surface area contributed by atoms with Crippen LogP contribution in [0.1, 0.15) is 17.3 Å². The van der Waals surface area contributed by atoms with Crippen LogP contribution in [0.25, 0.3) is 0 Å². The Hall–Kier alpha value is -2.70. The highest BCUT2D eigenvalue weighted by Gasteiger charge is 2.26. The zero-order valence-electron chi connectivity index (χ0n) is 14.3. The van der Waals surface area contributed by atoms with Crippen LogP contribution in [0.15, 0.2) is 36.4 Å². The minimum absolute atomic E-state index is 0.366. The van der Waals surface area contributed by atoms with E-state index in [1.165, 1.54) is 4.90 Å². The van der Waals surface area contributed by atoms with Crippen LogP contribution in [-0.4, -0.2) is 43.6 Å². The van der Waals surface area contributed by atoms with E-state index in [2.05, 4.69) is 4.90 Å². The minimum atomic E-state index is -1.62. The molecule has 0 N–H and O–H groups in total. The highest BCUT2D eigenvalue weighted by Crippen LogP contribution is 2.22. The fourth-order valence-corrected chi connectivity index (χ4v) is 2.95. The average Bonchev–Trinajstić information content (AvgIpc) is 2.67. The Kier molecular flexibility index (Phi) is 5.35. The third-order valence-electron chi connectivity index (χ3n) is 4.35. The van der Waals surface area contributed by atoms with Crippen molar-refractivity contribution in [3.05, 3.63) is 59.4 Å². The van der Waals surface area contributed by atoms with Gasteiger partial charge >= 0.3 is 0 Å². The van der Waals surface area contributed by atoms with Gasteiger partial charge in [-0.05, 0) is 43.3 Å². The van der Waals surface area contributed by atoms with Crippen LogP contribution < -0.4 is 9.64 Å². The molecule has 0 radical (unpaired) electrons. The van der Waals surface area contributed by atoms with Crippen molar-refractivity contribution in [2.75, 3.05) is 37.7 Å². The Morgan fingerprint density at radius 1 is 0.962 bits per heavy atom. The molecule has 1 fully saturated rings. The molecule has 1 aliphatic rings. The van der Waals surface area contributed by atoms with Crippen LogP contribution in [-0.2, 0) is 0 Å².